The first-order chi connectivity index (χ1) is 27.6. The van der Waals surface area contributed by atoms with Crippen LogP contribution in [0.2, 0.25) is 0 Å². The number of carbonyl (C=O) groups is 2. The second-order valence-corrected chi connectivity index (χ2v) is 23.3. The zero-order valence-corrected chi connectivity index (χ0v) is 36.3. The first kappa shape index (κ1) is 44.9. The van der Waals surface area contributed by atoms with Crippen LogP contribution in [-0.4, -0.2) is 99.3 Å². The molecule has 0 aromatic carbocycles. The maximum absolute atomic E-state index is 14.7. The van der Waals surface area contributed by atoms with Crippen LogP contribution in [0.1, 0.15) is 73.3 Å². The lowest BCUT2D eigenvalue weighted by atomic mass is 9.98. The lowest BCUT2D eigenvalue weighted by Gasteiger charge is -2.26. The molecule has 59 heavy (non-hydrogen) atoms. The number of hydrogen-bond donors (Lipinski definition) is 4. The van der Waals surface area contributed by atoms with E-state index in [1.54, 1.807) is 52.4 Å². The van der Waals surface area contributed by atoms with Gasteiger partial charge in [0.15, 0.2) is 22.6 Å². The van der Waals surface area contributed by atoms with E-state index in [1.165, 1.54) is 17.2 Å². The minimum atomic E-state index is -4.47. The Labute approximate surface area is 344 Å². The smallest absolute Gasteiger partial charge is 0.392 e. The van der Waals surface area contributed by atoms with Gasteiger partial charge in [0.1, 0.15) is 48.4 Å². The van der Waals surface area contributed by atoms with Crippen LogP contribution in [0.25, 0.3) is 22.3 Å². The predicted molar refractivity (Wildman–Crippen MR) is 214 cm³/mol. The summed E-state index contributed by atoms with van der Waals surface area (Å²) in [5, 5.41) is 0. The van der Waals surface area contributed by atoms with Gasteiger partial charge in [-0.25, -0.2) is 29.1 Å². The van der Waals surface area contributed by atoms with Crippen LogP contribution in [0.15, 0.2) is 23.8 Å². The lowest BCUT2D eigenvalue weighted by molar-refractivity contribution is -0.151. The molecule has 6 unspecified atom stereocenters. The van der Waals surface area contributed by atoms with Crippen molar-refractivity contribution in [3.8, 4) is 0 Å². The number of hydrogen-bond acceptors (Lipinski definition) is 21. The first-order valence-electron chi connectivity index (χ1n) is 18.1. The number of nitrogens with zero attached hydrogens (tertiary/aromatic N) is 7. The summed E-state index contributed by atoms with van der Waals surface area (Å²) in [6.07, 6.45) is 0.645. The molecule has 0 radical (unpaired) electrons. The van der Waals surface area contributed by atoms with Crippen LogP contribution in [0.3, 0.4) is 0 Å². The third-order valence-electron chi connectivity index (χ3n) is 8.84. The van der Waals surface area contributed by atoms with Crippen LogP contribution in [0.4, 0.5) is 11.8 Å². The molecule has 7 atom stereocenters. The molecule has 23 nitrogen and oxygen atoms in total. The van der Waals surface area contributed by atoms with Gasteiger partial charge in [-0.2, -0.15) is 4.98 Å². The molecule has 6 N–H and O–H groups in total. The third-order valence-corrected chi connectivity index (χ3v) is 14.8. The molecule has 2 aliphatic rings. The number of anilines is 2. The number of fused-ring (bicyclic) bond motifs is 2. The molecule has 2 aliphatic heterocycles. The Morgan fingerprint density at radius 1 is 0.881 bits per heavy atom. The second kappa shape index (κ2) is 17.8. The summed E-state index contributed by atoms with van der Waals surface area (Å²) in [6, 6.07) is 0. The van der Waals surface area contributed by atoms with Gasteiger partial charge in [0.05, 0.1) is 42.8 Å². The Hall–Kier alpha value is -3.64. The van der Waals surface area contributed by atoms with Gasteiger partial charge in [-0.15, -0.1) is 0 Å². The molecule has 0 saturated carbocycles. The van der Waals surface area contributed by atoms with Gasteiger partial charge in [0.2, 0.25) is 5.95 Å². The Morgan fingerprint density at radius 2 is 1.53 bits per heavy atom. The van der Waals surface area contributed by atoms with Crippen LogP contribution < -0.4 is 17.0 Å². The van der Waals surface area contributed by atoms with E-state index in [0.717, 1.165) is 0 Å². The number of esters is 2. The van der Waals surface area contributed by atoms with Gasteiger partial charge in [0, 0.05) is 29.2 Å². The molecule has 2 fully saturated rings. The standard InChI is InChI=1S/C32H46N10O13P2S2/c1-31(2,3)28(44)49-15-58-56(46,47)51-11-19-18(9-21(54-19)42-14-38-23-26(42)39-30(34)40-27(23)43)55-57(48,59-16-50-29(45)32(4,5)6)52-10-17-7-8-20(53-17)41-13-37-22-24(33)35-12-36-25(22)41/h12-14,17-21H,7-11,15-16H2,1-6H3,(H,46,47)(H2,33,35,36)(H3,34,39,40,43)/t17?,18-,19?,20?,21?,57?/m0/s1. The zero-order valence-electron chi connectivity index (χ0n) is 32.9. The molecule has 6 heterocycles. The molecular formula is C32H46N10O13P2S2. The van der Waals surface area contributed by atoms with Crippen molar-refractivity contribution in [1.82, 2.24) is 39.0 Å². The van der Waals surface area contributed by atoms with Gasteiger partial charge in [-0.1, -0.05) is 0 Å². The largest absolute Gasteiger partial charge is 0.454 e. The number of nitrogen functional groups attached to an aromatic ring is 2. The number of carbonyl (C=O) groups excluding carboxylic acids is 2. The average Bonchev–Trinajstić information content (AvgIpc) is 3.95. The molecule has 4 aromatic rings. The molecule has 0 aliphatic carbocycles. The number of aromatic amines is 1. The lowest BCUT2D eigenvalue weighted by Crippen LogP contribution is -2.28. The SMILES string of the molecule is CC(C)(C)C(=O)OCSP(=O)(O)OCC1OC(n2cnc3c(=O)[nH]c(N)nc32)C[C@@H]1OP(=O)(OCC1CCC(n2cnc3c(N)ncnc32)O1)SCOC(=O)C(C)(C)C. The number of ether oxygens (including phenoxy) is 4. The monoisotopic (exact) mass is 904 g/mol. The fraction of sp³-hybridized carbons (Fsp3) is 0.625. The van der Waals surface area contributed by atoms with Crippen molar-refractivity contribution in [3.63, 3.8) is 0 Å². The first-order valence-corrected chi connectivity index (χ1v) is 24.4. The van der Waals surface area contributed by atoms with Gasteiger partial charge < -0.3 is 35.3 Å². The summed E-state index contributed by atoms with van der Waals surface area (Å²) in [4.78, 5) is 71.2. The quantitative estimate of drug-likeness (QED) is 0.0693. The average molecular weight is 905 g/mol. The van der Waals surface area contributed by atoms with Crippen molar-refractivity contribution in [1.29, 1.82) is 0 Å². The summed E-state index contributed by atoms with van der Waals surface area (Å²) >= 11 is 0.977. The molecule has 324 valence electrons. The van der Waals surface area contributed by atoms with E-state index < -0.39 is 91.2 Å². The molecule has 0 bridgehead atoms. The highest BCUT2D eigenvalue weighted by Crippen LogP contribution is 2.63. The van der Waals surface area contributed by atoms with Crippen molar-refractivity contribution < 1.29 is 56.1 Å². The number of nitrogens with one attached hydrogen (secondary N) is 1. The van der Waals surface area contributed by atoms with Gasteiger partial charge >= 0.3 is 25.5 Å². The summed E-state index contributed by atoms with van der Waals surface area (Å²) in [7, 11) is 0. The van der Waals surface area contributed by atoms with Crippen LogP contribution in [0.5, 0.6) is 0 Å². The summed E-state index contributed by atoms with van der Waals surface area (Å²) in [5.41, 5.74) is 10.4. The minimum Gasteiger partial charge on any atom is -0.454 e. The van der Waals surface area contributed by atoms with Crippen molar-refractivity contribution in [2.45, 2.75) is 91.6 Å². The van der Waals surface area contributed by atoms with E-state index in [2.05, 4.69) is 29.9 Å². The van der Waals surface area contributed by atoms with E-state index in [4.69, 9.17) is 44.0 Å². The van der Waals surface area contributed by atoms with Crippen LogP contribution >= 0.6 is 36.4 Å². The van der Waals surface area contributed by atoms with E-state index in [0.29, 0.717) is 46.8 Å². The third kappa shape index (κ3) is 11.0. The summed E-state index contributed by atoms with van der Waals surface area (Å²) in [6.45, 7) is 0.302. The maximum Gasteiger partial charge on any atom is 0.392 e. The summed E-state index contributed by atoms with van der Waals surface area (Å²) < 4.78 is 71.5. The van der Waals surface area contributed by atoms with E-state index in [-0.39, 0.29) is 36.0 Å². The van der Waals surface area contributed by atoms with Crippen molar-refractivity contribution >= 4 is 82.4 Å². The van der Waals surface area contributed by atoms with E-state index in [1.807, 2.05) is 0 Å². The van der Waals surface area contributed by atoms with Crippen LogP contribution in [-0.2, 0) is 51.2 Å². The fourth-order valence-corrected chi connectivity index (χ4v) is 10.3. The number of imidazole rings is 2. The number of H-pyrrole nitrogens is 1. The highest BCUT2D eigenvalue weighted by atomic mass is 32.7. The number of nitrogens with two attached hydrogens (primary N) is 2. The van der Waals surface area contributed by atoms with Crippen molar-refractivity contribution in [3.05, 3.63) is 29.3 Å². The van der Waals surface area contributed by atoms with Gasteiger partial charge in [-0.05, 0) is 54.4 Å². The fourth-order valence-electron chi connectivity index (χ4n) is 5.75. The van der Waals surface area contributed by atoms with Crippen molar-refractivity contribution in [2.75, 3.05) is 36.6 Å². The second-order valence-electron chi connectivity index (χ2n) is 15.5. The Bertz CT molecular complexity index is 2330. The predicted octanol–water partition coefficient (Wildman–Crippen LogP) is 4.28. The van der Waals surface area contributed by atoms with Crippen molar-refractivity contribution in [2.24, 2.45) is 10.8 Å². The highest BCUT2D eigenvalue weighted by Gasteiger charge is 2.45. The molecule has 2 saturated heterocycles. The molecule has 0 spiro atoms. The minimum absolute atomic E-state index is 0.0410. The Kier molecular flexibility index (Phi) is 13.5. The highest BCUT2D eigenvalue weighted by molar-refractivity contribution is 8.55. The summed E-state index contributed by atoms with van der Waals surface area (Å²) in [5.74, 6) is -2.02. The molecule has 6 rings (SSSR count). The number of rotatable bonds is 16. The molecule has 27 heteroatoms. The van der Waals surface area contributed by atoms with E-state index in [9.17, 15) is 28.4 Å². The maximum atomic E-state index is 14.7. The molecular weight excluding hydrogens is 858 g/mol. The zero-order chi connectivity index (χ0) is 42.9. The van der Waals surface area contributed by atoms with Gasteiger partial charge in [0.25, 0.3) is 5.56 Å². The Balaban J connectivity index is 1.21. The van der Waals surface area contributed by atoms with E-state index >= 15 is 0 Å². The van der Waals surface area contributed by atoms with Gasteiger partial charge in [-0.3, -0.25) is 42.1 Å². The molecule has 0 amide bonds. The van der Waals surface area contributed by atoms with Crippen LogP contribution in [0, 0.1) is 10.8 Å². The normalized spacial score (nSPS) is 23.3. The Morgan fingerprint density at radius 3 is 2.20 bits per heavy atom. The number of aromatic nitrogens is 8. The topological polar surface area (TPSA) is 312 Å². The molecule has 4 aromatic heterocycles.